The van der Waals surface area contributed by atoms with E-state index >= 15 is 0 Å². The van der Waals surface area contributed by atoms with Gasteiger partial charge < -0.3 is 23.7 Å². The first-order chi connectivity index (χ1) is 13.1. The van der Waals surface area contributed by atoms with Gasteiger partial charge in [0, 0.05) is 12.1 Å². The maximum atomic E-state index is 11.9. The summed E-state index contributed by atoms with van der Waals surface area (Å²) < 4.78 is 26.3. The van der Waals surface area contributed by atoms with Crippen LogP contribution in [0, 0.1) is 0 Å². The lowest BCUT2D eigenvalue weighted by Gasteiger charge is -2.12. The summed E-state index contributed by atoms with van der Waals surface area (Å²) >= 11 is 0. The second kappa shape index (κ2) is 9.91. The third kappa shape index (κ3) is 5.53. The number of nitrogens with zero attached hydrogens (tertiary/aromatic N) is 1. The number of hydrazone groups is 1. The highest BCUT2D eigenvalue weighted by molar-refractivity contribution is 5.89. The molecule has 0 aliphatic carbocycles. The number of nitrogens with one attached hydrogen (secondary N) is 1. The van der Waals surface area contributed by atoms with Crippen LogP contribution in [0.4, 0.5) is 0 Å². The molecule has 0 heterocycles. The smallest absolute Gasteiger partial charge is 0.277 e. The van der Waals surface area contributed by atoms with Crippen molar-refractivity contribution in [1.29, 1.82) is 0 Å². The zero-order valence-corrected chi connectivity index (χ0v) is 15.6. The van der Waals surface area contributed by atoms with E-state index in [2.05, 4.69) is 10.5 Å². The van der Waals surface area contributed by atoms with Crippen molar-refractivity contribution in [2.24, 2.45) is 5.10 Å². The van der Waals surface area contributed by atoms with Crippen LogP contribution in [0.5, 0.6) is 28.7 Å². The molecule has 0 saturated carbocycles. The molecule has 0 fully saturated rings. The summed E-state index contributed by atoms with van der Waals surface area (Å²) in [6.07, 6.45) is 1.43. The van der Waals surface area contributed by atoms with E-state index in [-0.39, 0.29) is 6.61 Å². The summed E-state index contributed by atoms with van der Waals surface area (Å²) in [7, 11) is 6.17. The fourth-order valence-corrected chi connectivity index (χ4v) is 2.18. The van der Waals surface area contributed by atoms with E-state index < -0.39 is 5.91 Å². The van der Waals surface area contributed by atoms with Crippen LogP contribution in [0.2, 0.25) is 0 Å². The molecule has 144 valence electrons. The predicted octanol–water partition coefficient (Wildman–Crippen LogP) is 2.25. The standard InChI is InChI=1S/C19H22N2O6/c1-23-13-5-7-14(8-6-13)27-12-19(22)21-20-11-16-17(25-3)9-15(24-2)10-18(16)26-4/h5-11H,12H2,1-4H3,(H,21,22). The lowest BCUT2D eigenvalue weighted by Crippen LogP contribution is -2.24. The molecule has 2 aromatic carbocycles. The Kier molecular flexibility index (Phi) is 7.30. The highest BCUT2D eigenvalue weighted by Gasteiger charge is 2.11. The van der Waals surface area contributed by atoms with E-state index in [1.807, 2.05) is 0 Å². The number of rotatable bonds is 9. The van der Waals surface area contributed by atoms with Crippen molar-refractivity contribution in [3.8, 4) is 28.7 Å². The van der Waals surface area contributed by atoms with E-state index in [9.17, 15) is 4.79 Å². The van der Waals surface area contributed by atoms with E-state index in [1.165, 1.54) is 20.4 Å². The fraction of sp³-hybridized carbons (Fsp3) is 0.263. The summed E-state index contributed by atoms with van der Waals surface area (Å²) in [6, 6.07) is 10.3. The van der Waals surface area contributed by atoms with Crippen molar-refractivity contribution in [2.45, 2.75) is 0 Å². The summed E-state index contributed by atoms with van der Waals surface area (Å²) in [6.45, 7) is -0.180. The molecule has 8 heteroatoms. The number of hydrogen-bond donors (Lipinski definition) is 1. The van der Waals surface area contributed by atoms with Gasteiger partial charge in [-0.1, -0.05) is 0 Å². The average Bonchev–Trinajstić information content (AvgIpc) is 2.72. The SMILES string of the molecule is COc1ccc(OCC(=O)NN=Cc2c(OC)cc(OC)cc2OC)cc1. The quantitative estimate of drug-likeness (QED) is 0.535. The lowest BCUT2D eigenvalue weighted by atomic mass is 10.2. The molecule has 27 heavy (non-hydrogen) atoms. The minimum Gasteiger partial charge on any atom is -0.497 e. The number of benzene rings is 2. The third-order valence-electron chi connectivity index (χ3n) is 3.57. The van der Waals surface area contributed by atoms with E-state index in [0.717, 1.165) is 0 Å². The maximum Gasteiger partial charge on any atom is 0.277 e. The van der Waals surface area contributed by atoms with Crippen LogP contribution in [0.3, 0.4) is 0 Å². The third-order valence-corrected chi connectivity index (χ3v) is 3.57. The number of amides is 1. The van der Waals surface area contributed by atoms with Gasteiger partial charge in [-0.3, -0.25) is 4.79 Å². The molecule has 2 aromatic rings. The molecule has 0 aliphatic heterocycles. The molecule has 8 nitrogen and oxygen atoms in total. The molecular weight excluding hydrogens is 352 g/mol. The maximum absolute atomic E-state index is 11.9. The van der Waals surface area contributed by atoms with Crippen LogP contribution in [-0.4, -0.2) is 47.2 Å². The Morgan fingerprint density at radius 3 is 1.96 bits per heavy atom. The monoisotopic (exact) mass is 374 g/mol. The largest absolute Gasteiger partial charge is 0.497 e. The first-order valence-electron chi connectivity index (χ1n) is 8.00. The lowest BCUT2D eigenvalue weighted by molar-refractivity contribution is -0.123. The number of ether oxygens (including phenoxy) is 5. The minimum atomic E-state index is -0.409. The Labute approximate surface area is 157 Å². The van der Waals surface area contributed by atoms with Gasteiger partial charge in [-0.25, -0.2) is 5.43 Å². The zero-order valence-electron chi connectivity index (χ0n) is 15.6. The normalized spacial score (nSPS) is 10.4. The van der Waals surface area contributed by atoms with Crippen molar-refractivity contribution < 1.29 is 28.5 Å². The molecule has 2 rings (SSSR count). The molecule has 0 radical (unpaired) electrons. The molecule has 1 amide bonds. The molecule has 0 aromatic heterocycles. The van der Waals surface area contributed by atoms with Gasteiger partial charge in [0.15, 0.2) is 6.61 Å². The Hall–Kier alpha value is -3.42. The molecule has 0 spiro atoms. The van der Waals surface area contributed by atoms with E-state index in [4.69, 9.17) is 23.7 Å². The summed E-state index contributed by atoms with van der Waals surface area (Å²) in [4.78, 5) is 11.9. The highest BCUT2D eigenvalue weighted by atomic mass is 16.5. The van der Waals surface area contributed by atoms with Gasteiger partial charge in [0.2, 0.25) is 0 Å². The Morgan fingerprint density at radius 2 is 1.44 bits per heavy atom. The van der Waals surface area contributed by atoms with Crippen molar-refractivity contribution in [3.63, 3.8) is 0 Å². The highest BCUT2D eigenvalue weighted by Crippen LogP contribution is 2.32. The first kappa shape index (κ1) is 19.9. The van der Waals surface area contributed by atoms with Gasteiger partial charge in [-0.2, -0.15) is 5.10 Å². The fourth-order valence-electron chi connectivity index (χ4n) is 2.18. The van der Waals surface area contributed by atoms with Crippen molar-refractivity contribution in [3.05, 3.63) is 42.0 Å². The van der Waals surface area contributed by atoms with Gasteiger partial charge >= 0.3 is 0 Å². The molecule has 0 saturated heterocycles. The van der Waals surface area contributed by atoms with E-state index in [1.54, 1.807) is 50.6 Å². The van der Waals surface area contributed by atoms with E-state index in [0.29, 0.717) is 34.3 Å². The van der Waals surface area contributed by atoms with Crippen LogP contribution >= 0.6 is 0 Å². The predicted molar refractivity (Wildman–Crippen MR) is 100 cm³/mol. The summed E-state index contributed by atoms with van der Waals surface area (Å²) in [5.41, 5.74) is 2.96. The van der Waals surface area contributed by atoms with Crippen LogP contribution in [0.25, 0.3) is 0 Å². The van der Waals surface area contributed by atoms with Crippen LogP contribution < -0.4 is 29.1 Å². The number of carbonyl (C=O) groups is 1. The topological polar surface area (TPSA) is 87.6 Å². The average molecular weight is 374 g/mol. The van der Waals surface area contributed by atoms with Gasteiger partial charge in [0.05, 0.1) is 40.2 Å². The Morgan fingerprint density at radius 1 is 0.889 bits per heavy atom. The summed E-state index contributed by atoms with van der Waals surface area (Å²) in [5, 5.41) is 3.93. The second-order valence-electron chi connectivity index (χ2n) is 5.20. The molecule has 0 unspecified atom stereocenters. The Balaban J connectivity index is 1.96. The molecule has 1 N–H and O–H groups in total. The summed E-state index contributed by atoms with van der Waals surface area (Å²) in [5.74, 6) is 2.43. The molecule has 0 atom stereocenters. The van der Waals surface area contributed by atoms with Crippen molar-refractivity contribution in [2.75, 3.05) is 35.0 Å². The van der Waals surface area contributed by atoms with Gasteiger partial charge in [0.25, 0.3) is 5.91 Å². The van der Waals surface area contributed by atoms with Gasteiger partial charge in [-0.15, -0.1) is 0 Å². The van der Waals surface area contributed by atoms with Crippen molar-refractivity contribution in [1.82, 2.24) is 5.43 Å². The van der Waals surface area contributed by atoms with Crippen molar-refractivity contribution >= 4 is 12.1 Å². The number of methoxy groups -OCH3 is 4. The molecule has 0 aliphatic rings. The van der Waals surface area contributed by atoms with Crippen LogP contribution in [0.15, 0.2) is 41.5 Å². The van der Waals surface area contributed by atoms with Crippen LogP contribution in [0.1, 0.15) is 5.56 Å². The van der Waals surface area contributed by atoms with Gasteiger partial charge in [-0.05, 0) is 24.3 Å². The van der Waals surface area contributed by atoms with Gasteiger partial charge in [0.1, 0.15) is 28.7 Å². The number of hydrogen-bond acceptors (Lipinski definition) is 7. The second-order valence-corrected chi connectivity index (χ2v) is 5.20. The minimum absolute atomic E-state index is 0.180. The molecular formula is C19H22N2O6. The first-order valence-corrected chi connectivity index (χ1v) is 8.00. The van der Waals surface area contributed by atoms with Crippen LogP contribution in [-0.2, 0) is 4.79 Å². The zero-order chi connectivity index (χ0) is 19.6. The molecule has 0 bridgehead atoms. The Bertz CT molecular complexity index is 764. The number of carbonyl (C=O) groups excluding carboxylic acids is 1.